The van der Waals surface area contributed by atoms with Crippen LogP contribution < -0.4 is 9.04 Å². The molecule has 0 aromatic heterocycles. The second-order valence-corrected chi connectivity index (χ2v) is 11.0. The standard InChI is InChI=1S/C22H28F3NO6S/c1-12(27)26(33(29,30)31)18-9-13-3-4-15-14(7-8-21(2)17(15)5-6-20(21)28)16(13)10-19(18)32-11-22(23,24)25/h9-10,14-15,17,20,28H,3-8,11H2,1-2H3,(H,29,30,31)/t14-,15+,17-,20-,21-/m0/s1. The van der Waals surface area contributed by atoms with Gasteiger partial charge in [0.05, 0.1) is 6.10 Å². The van der Waals surface area contributed by atoms with Gasteiger partial charge in [0.15, 0.2) is 6.61 Å². The first kappa shape index (κ1) is 24.3. The third-order valence-electron chi connectivity index (χ3n) is 7.88. The zero-order valence-electron chi connectivity index (χ0n) is 18.4. The molecule has 33 heavy (non-hydrogen) atoms. The summed E-state index contributed by atoms with van der Waals surface area (Å²) >= 11 is 0. The molecule has 0 heterocycles. The van der Waals surface area contributed by atoms with Gasteiger partial charge in [0.2, 0.25) is 5.91 Å². The number of alkyl halides is 3. The van der Waals surface area contributed by atoms with E-state index in [1.807, 2.05) is 0 Å². The molecule has 184 valence electrons. The maximum absolute atomic E-state index is 12.9. The number of hydrogen-bond donors (Lipinski definition) is 2. The molecule has 4 rings (SSSR count). The van der Waals surface area contributed by atoms with Gasteiger partial charge in [-0.1, -0.05) is 6.92 Å². The summed E-state index contributed by atoms with van der Waals surface area (Å²) in [4.78, 5) is 12.0. The van der Waals surface area contributed by atoms with Gasteiger partial charge in [-0.2, -0.15) is 25.9 Å². The highest BCUT2D eigenvalue weighted by Crippen LogP contribution is 2.61. The fourth-order valence-electron chi connectivity index (χ4n) is 6.45. The zero-order valence-corrected chi connectivity index (χ0v) is 19.2. The van der Waals surface area contributed by atoms with Gasteiger partial charge in [0, 0.05) is 6.92 Å². The van der Waals surface area contributed by atoms with Crippen LogP contribution in [0.15, 0.2) is 12.1 Å². The van der Waals surface area contributed by atoms with Crippen LogP contribution in [0.4, 0.5) is 18.9 Å². The number of nitrogens with zero attached hydrogens (tertiary/aromatic N) is 1. The van der Waals surface area contributed by atoms with Crippen molar-refractivity contribution in [2.45, 2.75) is 70.6 Å². The van der Waals surface area contributed by atoms with Crippen molar-refractivity contribution in [3.05, 3.63) is 23.3 Å². The maximum Gasteiger partial charge on any atom is 0.422 e. The van der Waals surface area contributed by atoms with E-state index in [1.165, 1.54) is 12.1 Å². The number of ether oxygens (including phenoxy) is 1. The molecule has 1 aromatic rings. The van der Waals surface area contributed by atoms with Crippen molar-refractivity contribution in [2.24, 2.45) is 17.3 Å². The molecule has 3 aliphatic rings. The van der Waals surface area contributed by atoms with Gasteiger partial charge < -0.3 is 9.84 Å². The minimum atomic E-state index is -5.07. The smallest absolute Gasteiger partial charge is 0.422 e. The van der Waals surface area contributed by atoms with Crippen LogP contribution in [-0.4, -0.2) is 42.9 Å². The Morgan fingerprint density at radius 1 is 1.24 bits per heavy atom. The van der Waals surface area contributed by atoms with Crippen LogP contribution in [0.1, 0.15) is 63.0 Å². The van der Waals surface area contributed by atoms with Crippen LogP contribution >= 0.6 is 0 Å². The summed E-state index contributed by atoms with van der Waals surface area (Å²) in [5, 5.41) is 10.5. The Kier molecular flexibility index (Phi) is 5.98. The molecule has 0 aliphatic heterocycles. The number of fused-ring (bicyclic) bond motifs is 5. The number of halogens is 3. The van der Waals surface area contributed by atoms with E-state index in [0.29, 0.717) is 12.3 Å². The molecule has 2 N–H and O–H groups in total. The third-order valence-corrected chi connectivity index (χ3v) is 8.80. The molecule has 1 amide bonds. The maximum atomic E-state index is 12.9. The number of hydrogen-bond acceptors (Lipinski definition) is 5. The lowest BCUT2D eigenvalue weighted by atomic mass is 9.55. The summed E-state index contributed by atoms with van der Waals surface area (Å²) in [6.07, 6.45) is -0.554. The lowest BCUT2D eigenvalue weighted by Crippen LogP contribution is -2.44. The Morgan fingerprint density at radius 2 is 1.94 bits per heavy atom. The van der Waals surface area contributed by atoms with Crippen LogP contribution in [-0.2, 0) is 21.5 Å². The van der Waals surface area contributed by atoms with Crippen molar-refractivity contribution < 1.29 is 40.8 Å². The lowest BCUT2D eigenvalue weighted by molar-refractivity contribution is -0.153. The van der Waals surface area contributed by atoms with Gasteiger partial charge in [-0.15, -0.1) is 0 Å². The topological polar surface area (TPSA) is 104 Å². The average Bonchev–Trinajstić information content (AvgIpc) is 2.99. The molecule has 2 fully saturated rings. The Hall–Kier alpha value is -1.85. The first-order valence-corrected chi connectivity index (χ1v) is 12.4. The molecule has 5 atom stereocenters. The molecule has 0 radical (unpaired) electrons. The van der Waals surface area contributed by atoms with Gasteiger partial charge >= 0.3 is 16.5 Å². The first-order valence-electron chi connectivity index (χ1n) is 11.0. The number of amides is 1. The Bertz CT molecular complexity index is 1060. The van der Waals surface area contributed by atoms with Crippen molar-refractivity contribution in [3.63, 3.8) is 0 Å². The van der Waals surface area contributed by atoms with Gasteiger partial charge in [-0.05, 0) is 85.0 Å². The van der Waals surface area contributed by atoms with E-state index in [9.17, 15) is 36.0 Å². The summed E-state index contributed by atoms with van der Waals surface area (Å²) in [7, 11) is -5.07. The van der Waals surface area contributed by atoms with Crippen molar-refractivity contribution in [3.8, 4) is 5.75 Å². The lowest BCUT2D eigenvalue weighted by Gasteiger charge is -2.50. The second kappa shape index (κ2) is 8.13. The first-order chi connectivity index (χ1) is 15.2. The molecule has 0 spiro atoms. The van der Waals surface area contributed by atoms with E-state index < -0.39 is 40.4 Å². The number of carbonyl (C=O) groups is 1. The highest BCUT2D eigenvalue weighted by molar-refractivity contribution is 7.88. The summed E-state index contributed by atoms with van der Waals surface area (Å²) in [5.74, 6) is -0.906. The molecular formula is C22H28F3NO6S. The molecular weight excluding hydrogens is 463 g/mol. The molecule has 3 aliphatic carbocycles. The Balaban J connectivity index is 1.78. The van der Waals surface area contributed by atoms with Crippen molar-refractivity contribution >= 4 is 21.9 Å². The molecule has 7 nitrogen and oxygen atoms in total. The molecule has 2 saturated carbocycles. The van der Waals surface area contributed by atoms with E-state index >= 15 is 0 Å². The molecule has 0 bridgehead atoms. The SMILES string of the molecule is CC(=O)N(c1cc2c(cc1OCC(F)(F)F)[C@H]1CC[C@]3(C)[C@@H](O)CC[C@H]3[C@@H]1CC2)S(=O)(=O)O. The number of aliphatic hydroxyl groups excluding tert-OH is 1. The predicted octanol–water partition coefficient (Wildman–Crippen LogP) is 4.00. The number of aliphatic hydroxyl groups is 1. The summed E-state index contributed by atoms with van der Waals surface area (Å²) in [6, 6.07) is 2.76. The van der Waals surface area contributed by atoms with Gasteiger partial charge in [-0.3, -0.25) is 9.35 Å². The minimum absolute atomic E-state index is 0.0379. The highest BCUT2D eigenvalue weighted by atomic mass is 32.2. The number of anilines is 1. The minimum Gasteiger partial charge on any atom is -0.482 e. The van der Waals surface area contributed by atoms with Crippen LogP contribution in [0.5, 0.6) is 5.75 Å². The normalized spacial score (nSPS) is 31.4. The van der Waals surface area contributed by atoms with E-state index in [2.05, 4.69) is 6.92 Å². The highest BCUT2D eigenvalue weighted by Gasteiger charge is 2.54. The van der Waals surface area contributed by atoms with E-state index in [-0.39, 0.29) is 27.7 Å². The van der Waals surface area contributed by atoms with Crippen molar-refractivity contribution in [1.82, 2.24) is 0 Å². The Labute approximate surface area is 190 Å². The number of benzene rings is 1. The van der Waals surface area contributed by atoms with E-state index in [1.54, 1.807) is 0 Å². The fourth-order valence-corrected chi connectivity index (χ4v) is 7.17. The molecule has 11 heteroatoms. The quantitative estimate of drug-likeness (QED) is 0.617. The summed E-state index contributed by atoms with van der Waals surface area (Å²) in [5.41, 5.74) is 0.908. The monoisotopic (exact) mass is 491 g/mol. The number of aryl methyl sites for hydroxylation is 1. The van der Waals surface area contributed by atoms with Crippen molar-refractivity contribution in [1.29, 1.82) is 0 Å². The molecule has 1 aromatic carbocycles. The van der Waals surface area contributed by atoms with Crippen molar-refractivity contribution in [2.75, 3.05) is 10.9 Å². The van der Waals surface area contributed by atoms with E-state index in [0.717, 1.165) is 50.2 Å². The second-order valence-electron chi connectivity index (χ2n) is 9.74. The average molecular weight is 492 g/mol. The number of rotatable bonds is 4. The van der Waals surface area contributed by atoms with Crippen LogP contribution in [0.3, 0.4) is 0 Å². The van der Waals surface area contributed by atoms with Crippen LogP contribution in [0, 0.1) is 17.3 Å². The summed E-state index contributed by atoms with van der Waals surface area (Å²) < 4.78 is 77.1. The largest absolute Gasteiger partial charge is 0.482 e. The fraction of sp³-hybridized carbons (Fsp3) is 0.682. The third kappa shape index (κ3) is 4.35. The molecule has 0 saturated heterocycles. The van der Waals surface area contributed by atoms with Gasteiger partial charge in [0.25, 0.3) is 0 Å². The predicted molar refractivity (Wildman–Crippen MR) is 113 cm³/mol. The van der Waals surface area contributed by atoms with Gasteiger partial charge in [-0.25, -0.2) is 0 Å². The van der Waals surface area contributed by atoms with Crippen LogP contribution in [0.25, 0.3) is 0 Å². The number of carbonyl (C=O) groups excluding carboxylic acids is 1. The van der Waals surface area contributed by atoms with E-state index in [4.69, 9.17) is 4.74 Å². The van der Waals surface area contributed by atoms with Gasteiger partial charge in [0.1, 0.15) is 11.4 Å². The Morgan fingerprint density at radius 3 is 2.55 bits per heavy atom. The summed E-state index contributed by atoms with van der Waals surface area (Å²) in [6.45, 7) is 1.33. The van der Waals surface area contributed by atoms with Crippen LogP contribution in [0.2, 0.25) is 0 Å². The zero-order chi connectivity index (χ0) is 24.3. The molecule has 0 unspecified atom stereocenters.